The molecule has 0 aromatic heterocycles. The van der Waals surface area contributed by atoms with Crippen LogP contribution in [0.15, 0.2) is 24.3 Å². The van der Waals surface area contributed by atoms with Crippen molar-refractivity contribution < 1.29 is 9.53 Å². The summed E-state index contributed by atoms with van der Waals surface area (Å²) in [6.45, 7) is 3.64. The number of benzene rings is 1. The molecule has 4 nitrogen and oxygen atoms in total. The van der Waals surface area contributed by atoms with Gasteiger partial charge in [-0.3, -0.25) is 0 Å². The average molecular weight is 252 g/mol. The molecule has 0 heterocycles. The Kier molecular flexibility index (Phi) is 4.90. The molecule has 0 saturated carbocycles. The largest absolute Gasteiger partial charge is 0.459 e. The molecule has 0 bridgehead atoms. The number of carbonyl (C=O) groups excluding carboxylic acids is 1. The maximum atomic E-state index is 11.6. The van der Waals surface area contributed by atoms with Crippen molar-refractivity contribution in [3.63, 3.8) is 0 Å². The summed E-state index contributed by atoms with van der Waals surface area (Å²) in [4.78, 5) is 11.6. The van der Waals surface area contributed by atoms with Gasteiger partial charge in [-0.05, 0) is 50.3 Å². The van der Waals surface area contributed by atoms with Gasteiger partial charge in [-0.2, -0.15) is 0 Å². The summed E-state index contributed by atoms with van der Waals surface area (Å²) >= 11 is 4.96. The molecule has 5 heteroatoms. The van der Waals surface area contributed by atoms with E-state index in [0.29, 0.717) is 10.7 Å². The van der Waals surface area contributed by atoms with Crippen molar-refractivity contribution in [3.05, 3.63) is 29.8 Å². The van der Waals surface area contributed by atoms with Crippen molar-refractivity contribution in [2.75, 3.05) is 12.4 Å². The second-order valence-electron chi connectivity index (χ2n) is 3.74. The molecule has 0 amide bonds. The van der Waals surface area contributed by atoms with Crippen LogP contribution in [-0.4, -0.2) is 24.2 Å². The second-order valence-corrected chi connectivity index (χ2v) is 4.14. The third kappa shape index (κ3) is 4.40. The predicted octanol–water partition coefficient (Wildman–Crippen LogP) is 2.17. The first-order chi connectivity index (χ1) is 8.02. The van der Waals surface area contributed by atoms with Gasteiger partial charge in [0.15, 0.2) is 5.11 Å². The number of hydrogen-bond acceptors (Lipinski definition) is 3. The normalized spacial score (nSPS) is 9.88. The molecule has 0 fully saturated rings. The van der Waals surface area contributed by atoms with Crippen LogP contribution in [0.25, 0.3) is 0 Å². The van der Waals surface area contributed by atoms with Gasteiger partial charge in [0, 0.05) is 12.7 Å². The lowest BCUT2D eigenvalue weighted by atomic mass is 10.2. The van der Waals surface area contributed by atoms with Gasteiger partial charge in [0.2, 0.25) is 0 Å². The van der Waals surface area contributed by atoms with Crippen LogP contribution >= 0.6 is 12.2 Å². The number of anilines is 1. The minimum Gasteiger partial charge on any atom is -0.459 e. The van der Waals surface area contributed by atoms with Gasteiger partial charge in [-0.1, -0.05) is 0 Å². The lowest BCUT2D eigenvalue weighted by Crippen LogP contribution is -2.24. The Labute approximate surface area is 106 Å². The summed E-state index contributed by atoms with van der Waals surface area (Å²) in [5.41, 5.74) is 1.35. The fraction of sp³-hybridized carbons (Fsp3) is 0.333. The van der Waals surface area contributed by atoms with Crippen molar-refractivity contribution in [1.29, 1.82) is 0 Å². The number of carbonyl (C=O) groups is 1. The van der Waals surface area contributed by atoms with Crippen LogP contribution in [0.4, 0.5) is 5.69 Å². The van der Waals surface area contributed by atoms with Gasteiger partial charge in [0.25, 0.3) is 0 Å². The molecule has 2 N–H and O–H groups in total. The zero-order chi connectivity index (χ0) is 12.8. The number of rotatable bonds is 3. The Hall–Kier alpha value is -1.62. The van der Waals surface area contributed by atoms with E-state index in [1.807, 2.05) is 13.8 Å². The van der Waals surface area contributed by atoms with E-state index in [-0.39, 0.29) is 12.1 Å². The maximum absolute atomic E-state index is 11.6. The molecule has 0 atom stereocenters. The quantitative estimate of drug-likeness (QED) is 0.638. The Bertz CT molecular complexity index is 401. The summed E-state index contributed by atoms with van der Waals surface area (Å²) < 4.78 is 5.08. The molecule has 0 aliphatic heterocycles. The highest BCUT2D eigenvalue weighted by Crippen LogP contribution is 2.11. The topological polar surface area (TPSA) is 50.4 Å². The molecule has 0 unspecified atom stereocenters. The van der Waals surface area contributed by atoms with Crippen molar-refractivity contribution in [2.45, 2.75) is 20.0 Å². The van der Waals surface area contributed by atoms with Crippen LogP contribution in [0.5, 0.6) is 0 Å². The molecule has 0 spiro atoms. The van der Waals surface area contributed by atoms with E-state index in [4.69, 9.17) is 17.0 Å². The number of esters is 1. The van der Waals surface area contributed by atoms with E-state index in [0.717, 1.165) is 5.69 Å². The SMILES string of the molecule is CNC(=S)Nc1ccc(C(=O)OC(C)C)cc1. The first-order valence-corrected chi connectivity index (χ1v) is 5.73. The van der Waals surface area contributed by atoms with Crippen LogP contribution in [0.1, 0.15) is 24.2 Å². The van der Waals surface area contributed by atoms with Crippen molar-refractivity contribution in [2.24, 2.45) is 0 Å². The Morgan fingerprint density at radius 3 is 2.35 bits per heavy atom. The van der Waals surface area contributed by atoms with Gasteiger partial charge in [0.1, 0.15) is 0 Å². The fourth-order valence-electron chi connectivity index (χ4n) is 1.17. The Balaban J connectivity index is 2.67. The van der Waals surface area contributed by atoms with Crippen LogP contribution in [-0.2, 0) is 4.74 Å². The van der Waals surface area contributed by atoms with Crippen molar-refractivity contribution in [3.8, 4) is 0 Å². The summed E-state index contributed by atoms with van der Waals surface area (Å²) in [5.74, 6) is -0.317. The maximum Gasteiger partial charge on any atom is 0.338 e. The number of thiocarbonyl (C=S) groups is 1. The van der Waals surface area contributed by atoms with Gasteiger partial charge in [-0.15, -0.1) is 0 Å². The molecular formula is C12H16N2O2S. The molecule has 1 aromatic carbocycles. The average Bonchev–Trinajstić information content (AvgIpc) is 2.28. The summed E-state index contributed by atoms with van der Waals surface area (Å²) in [5, 5.41) is 6.30. The van der Waals surface area contributed by atoms with E-state index >= 15 is 0 Å². The molecule has 1 rings (SSSR count). The van der Waals surface area contributed by atoms with Crippen LogP contribution in [0.3, 0.4) is 0 Å². The predicted molar refractivity (Wildman–Crippen MR) is 72.3 cm³/mol. The van der Waals surface area contributed by atoms with Crippen molar-refractivity contribution >= 4 is 29.0 Å². The lowest BCUT2D eigenvalue weighted by Gasteiger charge is -2.09. The van der Waals surface area contributed by atoms with E-state index in [1.165, 1.54) is 0 Å². The zero-order valence-corrected chi connectivity index (χ0v) is 10.9. The summed E-state index contributed by atoms with van der Waals surface area (Å²) in [6, 6.07) is 6.96. The Morgan fingerprint density at radius 2 is 1.88 bits per heavy atom. The van der Waals surface area contributed by atoms with Crippen molar-refractivity contribution in [1.82, 2.24) is 5.32 Å². The minimum absolute atomic E-state index is 0.114. The van der Waals surface area contributed by atoms with Gasteiger partial charge >= 0.3 is 5.97 Å². The van der Waals surface area contributed by atoms with Gasteiger partial charge < -0.3 is 15.4 Å². The number of hydrogen-bond donors (Lipinski definition) is 2. The number of ether oxygens (including phenoxy) is 1. The highest BCUT2D eigenvalue weighted by atomic mass is 32.1. The first kappa shape index (κ1) is 13.4. The first-order valence-electron chi connectivity index (χ1n) is 5.32. The summed E-state index contributed by atoms with van der Waals surface area (Å²) in [7, 11) is 1.74. The second kappa shape index (κ2) is 6.20. The molecule has 0 aliphatic carbocycles. The van der Waals surface area contributed by atoms with E-state index in [2.05, 4.69) is 10.6 Å². The number of nitrogens with one attached hydrogen (secondary N) is 2. The smallest absolute Gasteiger partial charge is 0.338 e. The van der Waals surface area contributed by atoms with Gasteiger partial charge in [-0.25, -0.2) is 4.79 Å². The molecule has 0 radical (unpaired) electrons. The third-order valence-corrected chi connectivity index (χ3v) is 2.25. The fourth-order valence-corrected chi connectivity index (χ4v) is 1.28. The molecule has 0 saturated heterocycles. The monoisotopic (exact) mass is 252 g/mol. The van der Waals surface area contributed by atoms with Crippen LogP contribution < -0.4 is 10.6 Å². The standard InChI is InChI=1S/C12H16N2O2S/c1-8(2)16-11(15)9-4-6-10(7-5-9)14-12(17)13-3/h4-8H,1-3H3,(H2,13,14,17). The van der Waals surface area contributed by atoms with Crippen LogP contribution in [0.2, 0.25) is 0 Å². The zero-order valence-electron chi connectivity index (χ0n) is 10.1. The minimum atomic E-state index is -0.317. The highest BCUT2D eigenvalue weighted by molar-refractivity contribution is 7.80. The Morgan fingerprint density at radius 1 is 1.29 bits per heavy atom. The molecule has 1 aromatic rings. The lowest BCUT2D eigenvalue weighted by molar-refractivity contribution is 0.0378. The van der Waals surface area contributed by atoms with E-state index in [9.17, 15) is 4.79 Å². The van der Waals surface area contributed by atoms with E-state index < -0.39 is 0 Å². The third-order valence-electron chi connectivity index (χ3n) is 1.95. The van der Waals surface area contributed by atoms with E-state index in [1.54, 1.807) is 31.3 Å². The van der Waals surface area contributed by atoms with Crippen LogP contribution in [0, 0.1) is 0 Å². The molecule has 0 aliphatic rings. The molecule has 17 heavy (non-hydrogen) atoms. The summed E-state index contributed by atoms with van der Waals surface area (Å²) in [6.07, 6.45) is -0.114. The van der Waals surface area contributed by atoms with Gasteiger partial charge in [0.05, 0.1) is 11.7 Å². The highest BCUT2D eigenvalue weighted by Gasteiger charge is 2.08. The molecule has 92 valence electrons. The molecular weight excluding hydrogens is 236 g/mol.